The summed E-state index contributed by atoms with van der Waals surface area (Å²) in [4.78, 5) is 0.399. The van der Waals surface area contributed by atoms with Crippen LogP contribution in [0.1, 0.15) is 54.4 Å². The third kappa shape index (κ3) is 5.02. The second-order valence-electron chi connectivity index (χ2n) is 8.77. The van der Waals surface area contributed by atoms with Crippen molar-refractivity contribution in [2.75, 3.05) is 12.3 Å². The number of hydrogen-bond donors (Lipinski definition) is 1. The maximum atomic E-state index is 12.9. The molecule has 0 radical (unpaired) electrons. The highest BCUT2D eigenvalue weighted by Gasteiger charge is 2.48. The van der Waals surface area contributed by atoms with Crippen molar-refractivity contribution in [2.24, 2.45) is 0 Å². The largest absolute Gasteiger partial charge is 0.412 e. The molecule has 1 fully saturated rings. The number of nitrogens with one attached hydrogen (secondary N) is 1. The van der Waals surface area contributed by atoms with E-state index in [1.165, 1.54) is 0 Å². The van der Waals surface area contributed by atoms with E-state index >= 15 is 0 Å². The van der Waals surface area contributed by atoms with Crippen LogP contribution in [-0.4, -0.2) is 41.2 Å². The zero-order valence-electron chi connectivity index (χ0n) is 17.7. The van der Waals surface area contributed by atoms with Gasteiger partial charge in [-0.1, -0.05) is 59.7 Å². The molecule has 1 aromatic carbocycles. The fourth-order valence-corrected chi connectivity index (χ4v) is 12.1. The first-order valence-corrected chi connectivity index (χ1v) is 14.1. The molecule has 0 saturated carbocycles. The average Bonchev–Trinajstić information content (AvgIpc) is 2.60. The van der Waals surface area contributed by atoms with Gasteiger partial charge in [-0.2, -0.15) is 0 Å². The van der Waals surface area contributed by atoms with Crippen molar-refractivity contribution in [3.63, 3.8) is 0 Å². The molecule has 0 aliphatic carbocycles. The van der Waals surface area contributed by atoms with E-state index in [1.807, 2.05) is 6.07 Å². The maximum absolute atomic E-state index is 12.9. The molecule has 0 amide bonds. The summed E-state index contributed by atoms with van der Waals surface area (Å²) in [6.07, 6.45) is 1.94. The lowest BCUT2D eigenvalue weighted by Gasteiger charge is -2.47. The third-order valence-corrected chi connectivity index (χ3v) is 14.0. The molecular weight excluding hydrogens is 374 g/mol. The Bertz CT molecular complexity index is 667. The second kappa shape index (κ2) is 9.20. The van der Waals surface area contributed by atoms with Crippen LogP contribution in [0.3, 0.4) is 0 Å². The molecule has 6 heteroatoms. The summed E-state index contributed by atoms with van der Waals surface area (Å²) in [5.74, 6) is 0.0977. The SMILES string of the molecule is CC(C)[Si](O[C@@H]1CCCN[C@H]1CS(=O)(=O)c1ccccc1)(C(C)C)C(C)C. The van der Waals surface area contributed by atoms with Crippen LogP contribution in [0.5, 0.6) is 0 Å². The topological polar surface area (TPSA) is 55.4 Å². The first-order valence-electron chi connectivity index (χ1n) is 10.3. The maximum Gasteiger partial charge on any atom is 0.200 e. The fourth-order valence-electron chi connectivity index (χ4n) is 4.86. The molecule has 0 unspecified atom stereocenters. The highest BCUT2D eigenvalue weighted by Crippen LogP contribution is 2.44. The third-order valence-electron chi connectivity index (χ3n) is 6.08. The number of piperidine rings is 1. The van der Waals surface area contributed by atoms with Gasteiger partial charge in [-0.15, -0.1) is 0 Å². The molecule has 1 aliphatic rings. The van der Waals surface area contributed by atoms with Crippen LogP contribution >= 0.6 is 0 Å². The van der Waals surface area contributed by atoms with E-state index in [0.717, 1.165) is 19.4 Å². The summed E-state index contributed by atoms with van der Waals surface area (Å²) in [6, 6.07) is 8.63. The van der Waals surface area contributed by atoms with Crippen molar-refractivity contribution in [1.82, 2.24) is 5.32 Å². The Morgan fingerprint density at radius 3 is 2.11 bits per heavy atom. The minimum Gasteiger partial charge on any atom is -0.412 e. The van der Waals surface area contributed by atoms with Gasteiger partial charge in [0, 0.05) is 6.04 Å². The van der Waals surface area contributed by atoms with Crippen LogP contribution < -0.4 is 5.32 Å². The minimum atomic E-state index is -3.34. The van der Waals surface area contributed by atoms with Crippen LogP contribution in [0.4, 0.5) is 0 Å². The molecule has 1 saturated heterocycles. The summed E-state index contributed by atoms with van der Waals surface area (Å²) in [5, 5.41) is 3.45. The van der Waals surface area contributed by atoms with Gasteiger partial charge < -0.3 is 9.74 Å². The monoisotopic (exact) mass is 411 g/mol. The Morgan fingerprint density at radius 1 is 1.04 bits per heavy atom. The van der Waals surface area contributed by atoms with Gasteiger partial charge in [0.1, 0.15) is 0 Å². The number of rotatable bonds is 8. The zero-order chi connectivity index (χ0) is 20.2. The molecule has 1 N–H and O–H groups in total. The lowest BCUT2D eigenvalue weighted by Crippen LogP contribution is -2.57. The smallest absolute Gasteiger partial charge is 0.200 e. The highest BCUT2D eigenvalue weighted by molar-refractivity contribution is 7.91. The Hall–Kier alpha value is -0.693. The predicted octanol–water partition coefficient (Wildman–Crippen LogP) is 4.77. The Kier molecular flexibility index (Phi) is 7.70. The molecule has 0 aromatic heterocycles. The molecule has 1 aromatic rings. The molecule has 0 bridgehead atoms. The van der Waals surface area contributed by atoms with E-state index in [4.69, 9.17) is 4.43 Å². The highest BCUT2D eigenvalue weighted by atomic mass is 32.2. The number of hydrogen-bond acceptors (Lipinski definition) is 4. The van der Waals surface area contributed by atoms with Gasteiger partial charge >= 0.3 is 0 Å². The van der Waals surface area contributed by atoms with E-state index in [2.05, 4.69) is 46.9 Å². The standard InChI is InChI=1S/C21H37NO3SSi/c1-16(2)27(17(3)4,18(5)6)25-21-13-10-14-22-20(21)15-26(23,24)19-11-8-7-9-12-19/h7-9,11-12,16-18,20-22H,10,13-15H2,1-6H3/t20-,21+/m0/s1. The van der Waals surface area contributed by atoms with Gasteiger partial charge in [0.05, 0.1) is 16.8 Å². The molecular formula is C21H37NO3SSi. The van der Waals surface area contributed by atoms with Gasteiger partial charge in [0.2, 0.25) is 8.32 Å². The Balaban J connectivity index is 2.26. The molecule has 4 nitrogen and oxygen atoms in total. The van der Waals surface area contributed by atoms with Crippen LogP contribution in [0.15, 0.2) is 35.2 Å². The normalized spacial score (nSPS) is 22.0. The first-order chi connectivity index (χ1) is 12.6. The lowest BCUT2D eigenvalue weighted by atomic mass is 10.0. The van der Waals surface area contributed by atoms with Crippen molar-refractivity contribution in [3.8, 4) is 0 Å². The molecule has 154 valence electrons. The van der Waals surface area contributed by atoms with E-state index in [9.17, 15) is 8.42 Å². The molecule has 0 spiro atoms. The fraction of sp³-hybridized carbons (Fsp3) is 0.714. The van der Waals surface area contributed by atoms with E-state index in [-0.39, 0.29) is 17.9 Å². The van der Waals surface area contributed by atoms with Crippen molar-refractivity contribution in [3.05, 3.63) is 30.3 Å². The Labute approximate surface area is 167 Å². The van der Waals surface area contributed by atoms with Crippen molar-refractivity contribution < 1.29 is 12.8 Å². The van der Waals surface area contributed by atoms with Crippen LogP contribution in [-0.2, 0) is 14.3 Å². The quantitative estimate of drug-likeness (QED) is 0.626. The first kappa shape index (κ1) is 22.6. The summed E-state index contributed by atoms with van der Waals surface area (Å²) < 4.78 is 32.8. The molecule has 1 aliphatic heterocycles. The molecule has 2 rings (SSSR count). The summed E-state index contributed by atoms with van der Waals surface area (Å²) in [5.41, 5.74) is 1.47. The lowest BCUT2D eigenvalue weighted by molar-refractivity contribution is 0.108. The molecule has 27 heavy (non-hydrogen) atoms. The minimum absolute atomic E-state index is 0.0314. The molecule has 1 heterocycles. The predicted molar refractivity (Wildman–Crippen MR) is 115 cm³/mol. The van der Waals surface area contributed by atoms with Gasteiger partial charge in [0.25, 0.3) is 0 Å². The van der Waals surface area contributed by atoms with Gasteiger partial charge in [-0.25, -0.2) is 8.42 Å². The van der Waals surface area contributed by atoms with Crippen LogP contribution in [0, 0.1) is 0 Å². The van der Waals surface area contributed by atoms with E-state index < -0.39 is 18.2 Å². The van der Waals surface area contributed by atoms with E-state index in [1.54, 1.807) is 24.3 Å². The van der Waals surface area contributed by atoms with Gasteiger partial charge in [-0.05, 0) is 48.1 Å². The molecule has 2 atom stereocenters. The van der Waals surface area contributed by atoms with E-state index in [0.29, 0.717) is 21.5 Å². The Morgan fingerprint density at radius 2 is 1.59 bits per heavy atom. The van der Waals surface area contributed by atoms with Gasteiger partial charge in [-0.3, -0.25) is 0 Å². The van der Waals surface area contributed by atoms with Crippen molar-refractivity contribution >= 4 is 18.2 Å². The van der Waals surface area contributed by atoms with Crippen molar-refractivity contribution in [1.29, 1.82) is 0 Å². The summed E-state index contributed by atoms with van der Waals surface area (Å²) in [7, 11) is -5.38. The number of sulfone groups is 1. The summed E-state index contributed by atoms with van der Waals surface area (Å²) in [6.45, 7) is 14.5. The van der Waals surface area contributed by atoms with Gasteiger partial charge in [0.15, 0.2) is 9.84 Å². The van der Waals surface area contributed by atoms with Crippen molar-refractivity contribution in [2.45, 2.75) is 88.0 Å². The average molecular weight is 412 g/mol. The number of benzene rings is 1. The van der Waals surface area contributed by atoms with Crippen LogP contribution in [0.2, 0.25) is 16.6 Å². The zero-order valence-corrected chi connectivity index (χ0v) is 19.6. The summed E-state index contributed by atoms with van der Waals surface area (Å²) >= 11 is 0. The van der Waals surface area contributed by atoms with Crippen LogP contribution in [0.25, 0.3) is 0 Å². The second-order valence-corrected chi connectivity index (χ2v) is 16.2.